The van der Waals surface area contributed by atoms with E-state index in [4.69, 9.17) is 0 Å². The highest BCUT2D eigenvalue weighted by Crippen LogP contribution is 2.12. The van der Waals surface area contributed by atoms with E-state index in [0.29, 0.717) is 18.7 Å². The molecule has 3 rings (SSSR count). The summed E-state index contributed by atoms with van der Waals surface area (Å²) < 4.78 is 0. The van der Waals surface area contributed by atoms with Crippen LogP contribution in [0.5, 0.6) is 0 Å². The molecule has 0 unspecified atom stereocenters. The first kappa shape index (κ1) is 16.3. The normalized spacial score (nSPS) is 14.6. The van der Waals surface area contributed by atoms with Crippen LogP contribution in [0.4, 0.5) is 0 Å². The summed E-state index contributed by atoms with van der Waals surface area (Å²) in [4.78, 5) is 25.9. The molecule has 2 heterocycles. The number of carbonyl (C=O) groups excluding carboxylic acids is 2. The predicted octanol–water partition coefficient (Wildman–Crippen LogP) is 2.52. The fourth-order valence-electron chi connectivity index (χ4n) is 2.62. The highest BCUT2D eigenvalue weighted by molar-refractivity contribution is 7.08. The van der Waals surface area contributed by atoms with Gasteiger partial charge in [-0.15, -0.1) is 0 Å². The number of benzene rings is 1. The van der Waals surface area contributed by atoms with Crippen LogP contribution in [0.15, 0.2) is 47.2 Å². The standard InChI is InChI=1S/C19H18N2O2S/c22-18(7-6-15-4-2-1-3-5-15)21-11-8-17(9-12-21)20-19(23)16-10-13-24-14-16/h1-5,10,13-14,17H,8-9,11-12H2,(H,20,23). The van der Waals surface area contributed by atoms with Crippen molar-refractivity contribution in [2.75, 3.05) is 13.1 Å². The molecular formula is C19H18N2O2S. The van der Waals surface area contributed by atoms with Crippen molar-refractivity contribution < 1.29 is 9.59 Å². The largest absolute Gasteiger partial charge is 0.349 e. The van der Waals surface area contributed by atoms with Crippen LogP contribution in [0.3, 0.4) is 0 Å². The molecule has 24 heavy (non-hydrogen) atoms. The minimum atomic E-state index is -0.151. The van der Waals surface area contributed by atoms with Gasteiger partial charge in [0, 0.05) is 41.6 Å². The van der Waals surface area contributed by atoms with E-state index in [1.807, 2.05) is 47.2 Å². The van der Waals surface area contributed by atoms with Crippen LogP contribution in [0.2, 0.25) is 0 Å². The molecule has 0 saturated carbocycles. The maximum absolute atomic E-state index is 12.2. The van der Waals surface area contributed by atoms with Gasteiger partial charge in [-0.25, -0.2) is 0 Å². The maximum Gasteiger partial charge on any atom is 0.298 e. The first-order valence-corrected chi connectivity index (χ1v) is 8.86. The first-order valence-electron chi connectivity index (χ1n) is 7.91. The molecule has 4 nitrogen and oxygen atoms in total. The van der Waals surface area contributed by atoms with E-state index in [-0.39, 0.29) is 17.9 Å². The molecule has 1 aromatic carbocycles. The third-order valence-corrected chi connectivity index (χ3v) is 4.67. The molecule has 1 aromatic heterocycles. The number of hydrogen-bond donors (Lipinski definition) is 1. The van der Waals surface area contributed by atoms with Crippen molar-refractivity contribution in [2.24, 2.45) is 0 Å². The van der Waals surface area contributed by atoms with Crippen LogP contribution in [0.1, 0.15) is 28.8 Å². The highest BCUT2D eigenvalue weighted by Gasteiger charge is 2.23. The molecule has 5 heteroatoms. The Morgan fingerprint density at radius 1 is 1.12 bits per heavy atom. The lowest BCUT2D eigenvalue weighted by Crippen LogP contribution is -2.46. The van der Waals surface area contributed by atoms with Crippen LogP contribution in [0.25, 0.3) is 0 Å². The molecule has 1 saturated heterocycles. The topological polar surface area (TPSA) is 49.4 Å². The lowest BCUT2D eigenvalue weighted by molar-refractivity contribution is -0.126. The Labute approximate surface area is 145 Å². The number of hydrogen-bond acceptors (Lipinski definition) is 3. The zero-order valence-corrected chi connectivity index (χ0v) is 14.0. The SMILES string of the molecule is O=C(NC1CCN(C(=O)C#Cc2ccccc2)CC1)c1ccsc1. The Hall–Kier alpha value is -2.58. The van der Waals surface area contributed by atoms with Gasteiger partial charge in [0.1, 0.15) is 0 Å². The second-order valence-corrected chi connectivity index (χ2v) is 6.45. The third-order valence-electron chi connectivity index (χ3n) is 3.99. The van der Waals surface area contributed by atoms with Crippen molar-refractivity contribution in [3.8, 4) is 11.8 Å². The van der Waals surface area contributed by atoms with Crippen molar-refractivity contribution >= 4 is 23.2 Å². The number of thiophene rings is 1. The van der Waals surface area contributed by atoms with Crippen molar-refractivity contribution in [2.45, 2.75) is 18.9 Å². The van der Waals surface area contributed by atoms with Gasteiger partial charge in [0.2, 0.25) is 0 Å². The molecule has 0 atom stereocenters. The monoisotopic (exact) mass is 338 g/mol. The average Bonchev–Trinajstić information content (AvgIpc) is 3.16. The third kappa shape index (κ3) is 4.24. The average molecular weight is 338 g/mol. The summed E-state index contributed by atoms with van der Waals surface area (Å²) in [6.07, 6.45) is 1.52. The lowest BCUT2D eigenvalue weighted by atomic mass is 10.0. The molecule has 0 bridgehead atoms. The summed E-state index contributed by atoms with van der Waals surface area (Å²) in [6.45, 7) is 1.24. The molecule has 2 amide bonds. The van der Waals surface area contributed by atoms with Gasteiger partial charge in [-0.2, -0.15) is 11.3 Å². The van der Waals surface area contributed by atoms with Crippen LogP contribution >= 0.6 is 11.3 Å². The number of amides is 2. The molecule has 0 spiro atoms. The minimum Gasteiger partial charge on any atom is -0.349 e. The van der Waals surface area contributed by atoms with E-state index in [1.165, 1.54) is 11.3 Å². The molecule has 1 N–H and O–H groups in total. The van der Waals surface area contributed by atoms with E-state index >= 15 is 0 Å². The molecule has 1 fully saturated rings. The summed E-state index contributed by atoms with van der Waals surface area (Å²) in [5.74, 6) is 5.40. The Kier molecular flexibility index (Phi) is 5.29. The van der Waals surface area contributed by atoms with Gasteiger partial charge in [0.15, 0.2) is 0 Å². The van der Waals surface area contributed by atoms with Crippen molar-refractivity contribution in [3.63, 3.8) is 0 Å². The smallest absolute Gasteiger partial charge is 0.298 e. The molecule has 1 aliphatic heterocycles. The Balaban J connectivity index is 1.49. The number of carbonyl (C=O) groups is 2. The summed E-state index contributed by atoms with van der Waals surface area (Å²) >= 11 is 1.51. The van der Waals surface area contributed by atoms with Crippen molar-refractivity contribution in [1.82, 2.24) is 10.2 Å². The van der Waals surface area contributed by atoms with Crippen molar-refractivity contribution in [3.05, 3.63) is 58.3 Å². The summed E-state index contributed by atoms with van der Waals surface area (Å²) in [5, 5.41) is 6.76. The summed E-state index contributed by atoms with van der Waals surface area (Å²) in [7, 11) is 0. The number of likely N-dealkylation sites (tertiary alicyclic amines) is 1. The maximum atomic E-state index is 12.2. The van der Waals surface area contributed by atoms with Crippen LogP contribution in [-0.4, -0.2) is 35.8 Å². The van der Waals surface area contributed by atoms with E-state index in [9.17, 15) is 9.59 Å². The fourth-order valence-corrected chi connectivity index (χ4v) is 3.25. The molecule has 0 aliphatic carbocycles. The number of rotatable bonds is 2. The summed E-state index contributed by atoms with van der Waals surface area (Å²) in [5.41, 5.74) is 1.54. The van der Waals surface area contributed by atoms with Crippen molar-refractivity contribution in [1.29, 1.82) is 0 Å². The Morgan fingerprint density at radius 3 is 2.54 bits per heavy atom. The fraction of sp³-hybridized carbons (Fsp3) is 0.263. The molecule has 0 radical (unpaired) electrons. The predicted molar refractivity (Wildman–Crippen MR) is 94.7 cm³/mol. The highest BCUT2D eigenvalue weighted by atomic mass is 32.1. The minimum absolute atomic E-state index is 0.0371. The Bertz CT molecular complexity index is 752. The van der Waals surface area contributed by atoms with Crippen LogP contribution in [-0.2, 0) is 4.79 Å². The molecule has 1 aliphatic rings. The lowest BCUT2D eigenvalue weighted by Gasteiger charge is -2.31. The second kappa shape index (κ2) is 7.80. The van der Waals surface area contributed by atoms with E-state index in [0.717, 1.165) is 18.4 Å². The molecule has 2 aromatic rings. The number of nitrogens with zero attached hydrogens (tertiary/aromatic N) is 1. The van der Waals surface area contributed by atoms with Gasteiger partial charge < -0.3 is 10.2 Å². The number of piperidine rings is 1. The van der Waals surface area contributed by atoms with Gasteiger partial charge in [-0.05, 0) is 36.4 Å². The van der Waals surface area contributed by atoms with Crippen LogP contribution < -0.4 is 5.32 Å². The van der Waals surface area contributed by atoms with Gasteiger partial charge >= 0.3 is 0 Å². The zero-order chi connectivity index (χ0) is 16.8. The van der Waals surface area contributed by atoms with E-state index in [2.05, 4.69) is 17.2 Å². The van der Waals surface area contributed by atoms with Crippen LogP contribution in [0, 0.1) is 11.8 Å². The van der Waals surface area contributed by atoms with Gasteiger partial charge in [-0.1, -0.05) is 24.1 Å². The zero-order valence-electron chi connectivity index (χ0n) is 13.2. The van der Waals surface area contributed by atoms with Gasteiger partial charge in [0.05, 0.1) is 0 Å². The Morgan fingerprint density at radius 2 is 1.88 bits per heavy atom. The number of nitrogens with one attached hydrogen (secondary N) is 1. The summed E-state index contributed by atoms with van der Waals surface area (Å²) in [6, 6.07) is 11.4. The first-order chi connectivity index (χ1) is 11.7. The second-order valence-electron chi connectivity index (χ2n) is 5.67. The van der Waals surface area contributed by atoms with Gasteiger partial charge in [0.25, 0.3) is 11.8 Å². The molecule has 122 valence electrons. The van der Waals surface area contributed by atoms with Gasteiger partial charge in [-0.3, -0.25) is 9.59 Å². The van der Waals surface area contributed by atoms with E-state index in [1.54, 1.807) is 4.90 Å². The molecular weight excluding hydrogens is 320 g/mol. The van der Waals surface area contributed by atoms with E-state index < -0.39 is 0 Å². The quantitative estimate of drug-likeness (QED) is 0.856.